The van der Waals surface area contributed by atoms with Crippen molar-refractivity contribution in [2.24, 2.45) is 7.05 Å². The van der Waals surface area contributed by atoms with Crippen molar-refractivity contribution < 1.29 is 17.9 Å². The number of alkyl halides is 3. The quantitative estimate of drug-likeness (QED) is 0.712. The maximum absolute atomic E-state index is 12.0. The number of nitrogens with zero attached hydrogens (tertiary/aromatic N) is 2. The van der Waals surface area contributed by atoms with E-state index < -0.39 is 11.9 Å². The molecule has 0 aliphatic rings. The Bertz CT molecular complexity index is 281. The minimum Gasteiger partial charge on any atom is -0.481 e. The third kappa shape index (κ3) is 2.93. The van der Waals surface area contributed by atoms with Crippen molar-refractivity contribution in [1.29, 1.82) is 0 Å². The van der Waals surface area contributed by atoms with Crippen molar-refractivity contribution in [1.82, 2.24) is 9.78 Å². The third-order valence-electron chi connectivity index (χ3n) is 1.34. The average molecular weight is 210 g/mol. The molecule has 1 aromatic rings. The zero-order chi connectivity index (χ0) is 11.4. The summed E-state index contributed by atoms with van der Waals surface area (Å²) in [5, 5.41) is 3.22. The summed E-state index contributed by atoms with van der Waals surface area (Å²) in [5.74, 6) is 0.0855. The zero-order valence-electron chi connectivity index (χ0n) is 8.51. The Balaban J connectivity index is 0.000000791. The van der Waals surface area contributed by atoms with Crippen LogP contribution in [0.5, 0.6) is 5.88 Å². The predicted octanol–water partition coefficient (Wildman–Crippen LogP) is 2.47. The molecule has 0 aliphatic heterocycles. The molecule has 0 amide bonds. The molecule has 0 saturated heterocycles. The monoisotopic (exact) mass is 210 g/mol. The topological polar surface area (TPSA) is 27.1 Å². The minimum absolute atomic E-state index is 0.0855. The number of rotatable bonds is 1. The molecule has 0 atom stereocenters. The summed E-state index contributed by atoms with van der Waals surface area (Å²) in [6, 6.07) is 0.847. The summed E-state index contributed by atoms with van der Waals surface area (Å²) in [6.07, 6.45) is -4.41. The lowest BCUT2D eigenvalue weighted by molar-refractivity contribution is -0.141. The number of hydrogen-bond acceptors (Lipinski definition) is 2. The smallest absolute Gasteiger partial charge is 0.435 e. The van der Waals surface area contributed by atoms with E-state index in [9.17, 15) is 13.2 Å². The first kappa shape index (κ1) is 12.8. The van der Waals surface area contributed by atoms with Crippen LogP contribution < -0.4 is 4.74 Å². The lowest BCUT2D eigenvalue weighted by Crippen LogP contribution is -2.06. The number of methoxy groups -OCH3 is 1. The maximum atomic E-state index is 12.0. The average Bonchev–Trinajstić information content (AvgIpc) is 2.49. The number of aromatic nitrogens is 2. The summed E-state index contributed by atoms with van der Waals surface area (Å²) in [5.41, 5.74) is -0.943. The van der Waals surface area contributed by atoms with Gasteiger partial charge >= 0.3 is 6.18 Å². The Morgan fingerprint density at radius 2 is 1.86 bits per heavy atom. The minimum atomic E-state index is -4.41. The second-order valence-corrected chi connectivity index (χ2v) is 2.19. The molecule has 0 bridgehead atoms. The van der Waals surface area contributed by atoms with Crippen molar-refractivity contribution in [3.8, 4) is 5.88 Å². The predicted molar refractivity (Wildman–Crippen MR) is 46.1 cm³/mol. The lowest BCUT2D eigenvalue weighted by atomic mass is 10.4. The third-order valence-corrected chi connectivity index (χ3v) is 1.34. The molecule has 0 radical (unpaired) electrons. The second-order valence-electron chi connectivity index (χ2n) is 2.19. The van der Waals surface area contributed by atoms with Crippen molar-refractivity contribution in [2.45, 2.75) is 20.0 Å². The molecule has 1 aromatic heterocycles. The zero-order valence-corrected chi connectivity index (χ0v) is 8.51. The van der Waals surface area contributed by atoms with Crippen LogP contribution in [-0.2, 0) is 13.2 Å². The fourth-order valence-electron chi connectivity index (χ4n) is 0.780. The van der Waals surface area contributed by atoms with Crippen LogP contribution in [0.15, 0.2) is 6.07 Å². The molecule has 0 saturated carbocycles. The fourth-order valence-corrected chi connectivity index (χ4v) is 0.780. The molecule has 14 heavy (non-hydrogen) atoms. The highest BCUT2D eigenvalue weighted by atomic mass is 19.4. The van der Waals surface area contributed by atoms with Gasteiger partial charge in [0.25, 0.3) is 0 Å². The SMILES string of the molecule is CC.COc1cc(C(F)(F)F)nn1C. The van der Waals surface area contributed by atoms with Crippen molar-refractivity contribution in [3.05, 3.63) is 11.8 Å². The Kier molecular flexibility index (Phi) is 4.46. The highest BCUT2D eigenvalue weighted by Crippen LogP contribution is 2.29. The van der Waals surface area contributed by atoms with E-state index in [0.717, 1.165) is 10.7 Å². The van der Waals surface area contributed by atoms with E-state index in [1.165, 1.54) is 14.2 Å². The van der Waals surface area contributed by atoms with Crippen LogP contribution in [0.25, 0.3) is 0 Å². The maximum Gasteiger partial charge on any atom is 0.435 e. The van der Waals surface area contributed by atoms with Gasteiger partial charge in [0, 0.05) is 13.1 Å². The van der Waals surface area contributed by atoms with Gasteiger partial charge < -0.3 is 4.74 Å². The molecular weight excluding hydrogens is 197 g/mol. The molecule has 6 heteroatoms. The number of ether oxygens (including phenoxy) is 1. The van der Waals surface area contributed by atoms with Gasteiger partial charge in [0.15, 0.2) is 5.69 Å². The molecule has 0 spiro atoms. The molecule has 0 aliphatic carbocycles. The molecule has 0 aromatic carbocycles. The summed E-state index contributed by atoms with van der Waals surface area (Å²) >= 11 is 0. The molecule has 0 fully saturated rings. The first-order valence-corrected chi connectivity index (χ1v) is 4.10. The van der Waals surface area contributed by atoms with E-state index in [2.05, 4.69) is 9.84 Å². The highest BCUT2D eigenvalue weighted by molar-refractivity contribution is 5.17. The molecule has 82 valence electrons. The summed E-state index contributed by atoms with van der Waals surface area (Å²) in [6.45, 7) is 4.00. The van der Waals surface area contributed by atoms with Crippen LogP contribution in [0.3, 0.4) is 0 Å². The largest absolute Gasteiger partial charge is 0.481 e. The van der Waals surface area contributed by atoms with Gasteiger partial charge in [-0.3, -0.25) is 0 Å². The van der Waals surface area contributed by atoms with E-state index in [1.807, 2.05) is 13.8 Å². The van der Waals surface area contributed by atoms with Crippen LogP contribution in [0.2, 0.25) is 0 Å². The fraction of sp³-hybridized carbons (Fsp3) is 0.625. The standard InChI is InChI=1S/C6H7F3N2O.C2H6/c1-11-5(12-2)3-4(10-11)6(7,8)9;1-2/h3H,1-2H3;1-2H3. The van der Waals surface area contributed by atoms with Gasteiger partial charge in [-0.15, -0.1) is 0 Å². The van der Waals surface area contributed by atoms with Crippen molar-refractivity contribution in [2.75, 3.05) is 7.11 Å². The molecule has 1 rings (SSSR count). The Morgan fingerprint density at radius 1 is 1.36 bits per heavy atom. The van der Waals surface area contributed by atoms with E-state index in [4.69, 9.17) is 0 Å². The van der Waals surface area contributed by atoms with Crippen molar-refractivity contribution in [3.63, 3.8) is 0 Å². The Labute approximate surface area is 80.5 Å². The molecule has 0 unspecified atom stereocenters. The van der Waals surface area contributed by atoms with Crippen LogP contribution in [0.4, 0.5) is 13.2 Å². The second kappa shape index (κ2) is 4.88. The first-order chi connectivity index (χ1) is 6.45. The molecule has 1 heterocycles. The van der Waals surface area contributed by atoms with Gasteiger partial charge in [-0.25, -0.2) is 4.68 Å². The van der Waals surface area contributed by atoms with E-state index in [-0.39, 0.29) is 5.88 Å². The van der Waals surface area contributed by atoms with E-state index >= 15 is 0 Å². The molecule has 3 nitrogen and oxygen atoms in total. The van der Waals surface area contributed by atoms with Crippen LogP contribution in [-0.4, -0.2) is 16.9 Å². The van der Waals surface area contributed by atoms with E-state index in [0.29, 0.717) is 0 Å². The number of halogens is 3. The molecular formula is C8H13F3N2O. The highest BCUT2D eigenvalue weighted by Gasteiger charge is 2.34. The number of aryl methyl sites for hydroxylation is 1. The van der Waals surface area contributed by atoms with Crippen LogP contribution in [0, 0.1) is 0 Å². The van der Waals surface area contributed by atoms with Gasteiger partial charge in [-0.05, 0) is 0 Å². The number of hydrogen-bond donors (Lipinski definition) is 0. The summed E-state index contributed by atoms with van der Waals surface area (Å²) < 4.78 is 41.6. The normalized spacial score (nSPS) is 10.5. The summed E-state index contributed by atoms with van der Waals surface area (Å²) in [7, 11) is 2.67. The van der Waals surface area contributed by atoms with Gasteiger partial charge in [0.2, 0.25) is 5.88 Å². The molecule has 0 N–H and O–H groups in total. The lowest BCUT2D eigenvalue weighted by Gasteiger charge is -1.98. The van der Waals surface area contributed by atoms with Crippen molar-refractivity contribution >= 4 is 0 Å². The van der Waals surface area contributed by atoms with Gasteiger partial charge in [0.05, 0.1) is 7.11 Å². The van der Waals surface area contributed by atoms with Gasteiger partial charge in [-0.1, -0.05) is 13.8 Å². The van der Waals surface area contributed by atoms with Gasteiger partial charge in [-0.2, -0.15) is 18.3 Å². The van der Waals surface area contributed by atoms with Crippen LogP contribution >= 0.6 is 0 Å². The van der Waals surface area contributed by atoms with E-state index in [1.54, 1.807) is 0 Å². The van der Waals surface area contributed by atoms with Gasteiger partial charge in [0.1, 0.15) is 0 Å². The Hall–Kier alpha value is -1.20. The Morgan fingerprint density at radius 3 is 2.07 bits per heavy atom. The summed E-state index contributed by atoms with van der Waals surface area (Å²) in [4.78, 5) is 0. The van der Waals surface area contributed by atoms with Crippen LogP contribution in [0.1, 0.15) is 19.5 Å². The first-order valence-electron chi connectivity index (χ1n) is 4.10.